The van der Waals surface area contributed by atoms with Crippen LogP contribution in [0.15, 0.2) is 42.5 Å². The number of ether oxygens (including phenoxy) is 1. The lowest BCUT2D eigenvalue weighted by Gasteiger charge is -2.15. The molecular formula is C16H16F3NO. The Morgan fingerprint density at radius 3 is 2.29 bits per heavy atom. The van der Waals surface area contributed by atoms with E-state index in [0.717, 1.165) is 11.6 Å². The number of halogens is 3. The summed E-state index contributed by atoms with van der Waals surface area (Å²) in [6.07, 6.45) is -4.45. The van der Waals surface area contributed by atoms with Gasteiger partial charge in [0.1, 0.15) is 11.5 Å². The third-order valence-corrected chi connectivity index (χ3v) is 2.98. The van der Waals surface area contributed by atoms with Gasteiger partial charge in [0.2, 0.25) is 0 Å². The summed E-state index contributed by atoms with van der Waals surface area (Å²) >= 11 is 0. The van der Waals surface area contributed by atoms with E-state index >= 15 is 0 Å². The molecule has 0 unspecified atom stereocenters. The Labute approximate surface area is 121 Å². The zero-order valence-electron chi connectivity index (χ0n) is 11.8. The molecule has 0 heterocycles. The highest BCUT2D eigenvalue weighted by Gasteiger charge is 2.34. The minimum atomic E-state index is -4.45. The van der Waals surface area contributed by atoms with Crippen molar-refractivity contribution in [3.05, 3.63) is 59.2 Å². The highest BCUT2D eigenvalue weighted by Crippen LogP contribution is 2.38. The first-order chi connectivity index (χ1) is 9.90. The smallest absolute Gasteiger partial charge is 0.419 e. The second-order valence-corrected chi connectivity index (χ2v) is 4.77. The van der Waals surface area contributed by atoms with Gasteiger partial charge >= 0.3 is 6.18 Å². The fraction of sp³-hybridized carbons (Fsp3) is 0.250. The first-order valence-electron chi connectivity index (χ1n) is 6.49. The molecule has 0 spiro atoms. The third-order valence-electron chi connectivity index (χ3n) is 2.98. The van der Waals surface area contributed by atoms with E-state index in [2.05, 4.69) is 5.32 Å². The fourth-order valence-corrected chi connectivity index (χ4v) is 1.94. The van der Waals surface area contributed by atoms with Crippen molar-refractivity contribution in [3.63, 3.8) is 0 Å². The second-order valence-electron chi connectivity index (χ2n) is 4.77. The van der Waals surface area contributed by atoms with Crippen LogP contribution in [0.2, 0.25) is 0 Å². The highest BCUT2D eigenvalue weighted by atomic mass is 19.4. The predicted molar refractivity (Wildman–Crippen MR) is 75.5 cm³/mol. The molecule has 2 rings (SSSR count). The maximum atomic E-state index is 13.1. The van der Waals surface area contributed by atoms with Crippen molar-refractivity contribution in [2.24, 2.45) is 0 Å². The molecule has 0 radical (unpaired) electrons. The number of hydrogen-bond donors (Lipinski definition) is 1. The van der Waals surface area contributed by atoms with Crippen LogP contribution < -0.4 is 10.1 Å². The standard InChI is InChI=1S/C16H16F3NO/c1-11-3-6-13(7-4-11)21-15-8-5-12(10-20-2)9-14(15)16(17,18)19/h3-9,20H,10H2,1-2H3. The van der Waals surface area contributed by atoms with Crippen LogP contribution >= 0.6 is 0 Å². The number of hydrogen-bond acceptors (Lipinski definition) is 2. The van der Waals surface area contributed by atoms with Crippen molar-refractivity contribution in [1.82, 2.24) is 5.32 Å². The van der Waals surface area contributed by atoms with Crippen molar-refractivity contribution in [1.29, 1.82) is 0 Å². The first kappa shape index (κ1) is 15.4. The summed E-state index contributed by atoms with van der Waals surface area (Å²) in [7, 11) is 1.68. The van der Waals surface area contributed by atoms with Crippen LogP contribution in [0, 0.1) is 6.92 Å². The molecule has 21 heavy (non-hydrogen) atoms. The van der Waals surface area contributed by atoms with E-state index < -0.39 is 11.7 Å². The van der Waals surface area contributed by atoms with Crippen LogP contribution in [0.4, 0.5) is 13.2 Å². The largest absolute Gasteiger partial charge is 0.457 e. The van der Waals surface area contributed by atoms with E-state index in [4.69, 9.17) is 4.74 Å². The van der Waals surface area contributed by atoms with Crippen molar-refractivity contribution in [3.8, 4) is 11.5 Å². The van der Waals surface area contributed by atoms with Gasteiger partial charge in [-0.25, -0.2) is 0 Å². The van der Waals surface area contributed by atoms with Gasteiger partial charge in [-0.2, -0.15) is 13.2 Å². The maximum absolute atomic E-state index is 13.1. The molecule has 112 valence electrons. The van der Waals surface area contributed by atoms with E-state index in [-0.39, 0.29) is 5.75 Å². The van der Waals surface area contributed by atoms with E-state index in [0.29, 0.717) is 17.9 Å². The summed E-state index contributed by atoms with van der Waals surface area (Å²) in [6, 6.07) is 11.0. The molecule has 2 aromatic rings. The van der Waals surface area contributed by atoms with Crippen LogP contribution in [-0.2, 0) is 12.7 Å². The van der Waals surface area contributed by atoms with Crippen LogP contribution in [-0.4, -0.2) is 7.05 Å². The van der Waals surface area contributed by atoms with Crippen LogP contribution in [0.1, 0.15) is 16.7 Å². The van der Waals surface area contributed by atoms with E-state index in [1.165, 1.54) is 6.07 Å². The summed E-state index contributed by atoms with van der Waals surface area (Å²) in [6.45, 7) is 2.27. The monoisotopic (exact) mass is 295 g/mol. The molecule has 2 aromatic carbocycles. The molecule has 0 saturated carbocycles. The SMILES string of the molecule is CNCc1ccc(Oc2ccc(C)cc2)c(C(F)(F)F)c1. The van der Waals surface area contributed by atoms with Crippen molar-refractivity contribution in [2.45, 2.75) is 19.6 Å². The zero-order valence-corrected chi connectivity index (χ0v) is 11.8. The Balaban J connectivity index is 2.35. The number of benzene rings is 2. The van der Waals surface area contributed by atoms with Gasteiger partial charge in [0.25, 0.3) is 0 Å². The number of nitrogens with one attached hydrogen (secondary N) is 1. The van der Waals surface area contributed by atoms with Crippen LogP contribution in [0.5, 0.6) is 11.5 Å². The molecule has 0 atom stereocenters. The van der Waals surface area contributed by atoms with Gasteiger partial charge in [0.15, 0.2) is 0 Å². The van der Waals surface area contributed by atoms with Gasteiger partial charge in [-0.1, -0.05) is 23.8 Å². The van der Waals surface area contributed by atoms with Gasteiger partial charge in [-0.05, 0) is 43.8 Å². The maximum Gasteiger partial charge on any atom is 0.419 e. The molecule has 0 aromatic heterocycles. The molecule has 5 heteroatoms. The minimum absolute atomic E-state index is 0.189. The van der Waals surface area contributed by atoms with Gasteiger partial charge in [-0.3, -0.25) is 0 Å². The molecule has 1 N–H and O–H groups in total. The van der Waals surface area contributed by atoms with Crippen molar-refractivity contribution >= 4 is 0 Å². The van der Waals surface area contributed by atoms with Crippen LogP contribution in [0.25, 0.3) is 0 Å². The molecule has 0 aliphatic carbocycles. The van der Waals surface area contributed by atoms with E-state index in [1.807, 2.05) is 6.92 Å². The molecule has 0 amide bonds. The Morgan fingerprint density at radius 1 is 1.05 bits per heavy atom. The van der Waals surface area contributed by atoms with Gasteiger partial charge < -0.3 is 10.1 Å². The lowest BCUT2D eigenvalue weighted by atomic mass is 10.1. The molecule has 0 aliphatic rings. The molecule has 0 saturated heterocycles. The topological polar surface area (TPSA) is 21.3 Å². The third kappa shape index (κ3) is 3.98. The Morgan fingerprint density at radius 2 is 1.71 bits per heavy atom. The van der Waals surface area contributed by atoms with Crippen molar-refractivity contribution < 1.29 is 17.9 Å². The van der Waals surface area contributed by atoms with Gasteiger partial charge in [-0.15, -0.1) is 0 Å². The number of aryl methyl sites for hydroxylation is 1. The summed E-state index contributed by atoms with van der Waals surface area (Å²) in [5, 5.41) is 2.83. The van der Waals surface area contributed by atoms with E-state index in [9.17, 15) is 13.2 Å². The zero-order chi connectivity index (χ0) is 15.5. The summed E-state index contributed by atoms with van der Waals surface area (Å²) in [4.78, 5) is 0. The lowest BCUT2D eigenvalue weighted by Crippen LogP contribution is -2.10. The summed E-state index contributed by atoms with van der Waals surface area (Å²) in [5.41, 5.74) is 0.805. The summed E-state index contributed by atoms with van der Waals surface area (Å²) in [5.74, 6) is 0.193. The van der Waals surface area contributed by atoms with Gasteiger partial charge in [0.05, 0.1) is 5.56 Å². The normalized spacial score (nSPS) is 11.5. The summed E-state index contributed by atoms with van der Waals surface area (Å²) < 4.78 is 44.8. The Kier molecular flexibility index (Phi) is 4.53. The minimum Gasteiger partial charge on any atom is -0.457 e. The molecule has 0 fully saturated rings. The first-order valence-corrected chi connectivity index (χ1v) is 6.49. The van der Waals surface area contributed by atoms with Crippen LogP contribution in [0.3, 0.4) is 0 Å². The molecule has 0 bridgehead atoms. The highest BCUT2D eigenvalue weighted by molar-refractivity contribution is 5.42. The quantitative estimate of drug-likeness (QED) is 0.895. The Hall–Kier alpha value is -2.01. The molecule has 2 nitrogen and oxygen atoms in total. The fourth-order valence-electron chi connectivity index (χ4n) is 1.94. The van der Waals surface area contributed by atoms with E-state index in [1.54, 1.807) is 37.4 Å². The average molecular weight is 295 g/mol. The number of alkyl halides is 3. The molecule has 0 aliphatic heterocycles. The second kappa shape index (κ2) is 6.18. The van der Waals surface area contributed by atoms with Crippen molar-refractivity contribution in [2.75, 3.05) is 7.05 Å². The Bertz CT molecular complexity index is 606. The molecular weight excluding hydrogens is 279 g/mol. The lowest BCUT2D eigenvalue weighted by molar-refractivity contribution is -0.138. The number of rotatable bonds is 4. The average Bonchev–Trinajstić information content (AvgIpc) is 2.42. The predicted octanol–water partition coefficient (Wildman–Crippen LogP) is 4.53. The van der Waals surface area contributed by atoms with Gasteiger partial charge in [0, 0.05) is 6.54 Å².